The second kappa shape index (κ2) is 6.62. The highest BCUT2D eigenvalue weighted by Gasteiger charge is 2.23. The molecule has 17 heavy (non-hydrogen) atoms. The first-order valence-electron chi connectivity index (χ1n) is 5.56. The molecule has 0 spiro atoms. The normalized spacial score (nSPS) is 10.0. The molecule has 0 unspecified atom stereocenters. The predicted molar refractivity (Wildman–Crippen MR) is 63.3 cm³/mol. The Balaban J connectivity index is 2.94. The van der Waals surface area contributed by atoms with Gasteiger partial charge in [-0.05, 0) is 13.3 Å². The number of hydrogen-bond donors (Lipinski definition) is 1. The minimum absolute atomic E-state index is 0.0226. The molecule has 0 aliphatic heterocycles. The number of unbranched alkanes of at least 4 members (excludes halogenated alkanes) is 1. The Morgan fingerprint density at radius 3 is 2.82 bits per heavy atom. The molecule has 1 aromatic heterocycles. The van der Waals surface area contributed by atoms with Gasteiger partial charge in [0.05, 0.1) is 11.5 Å². The molecule has 94 valence electrons. The van der Waals surface area contributed by atoms with Gasteiger partial charge in [0.25, 0.3) is 5.88 Å². The van der Waals surface area contributed by atoms with Crippen molar-refractivity contribution in [2.75, 3.05) is 18.5 Å². The van der Waals surface area contributed by atoms with Gasteiger partial charge in [-0.2, -0.15) is 4.98 Å². The second-order valence-corrected chi connectivity index (χ2v) is 3.37. The first-order valence-corrected chi connectivity index (χ1v) is 5.56. The van der Waals surface area contributed by atoms with Gasteiger partial charge in [0.1, 0.15) is 6.33 Å². The van der Waals surface area contributed by atoms with Crippen molar-refractivity contribution in [3.8, 4) is 5.88 Å². The average Bonchev–Trinajstić information content (AvgIpc) is 2.29. The van der Waals surface area contributed by atoms with Crippen LogP contribution < -0.4 is 10.1 Å². The van der Waals surface area contributed by atoms with Crippen LogP contribution in [0.5, 0.6) is 5.88 Å². The van der Waals surface area contributed by atoms with Crippen LogP contribution in [0.4, 0.5) is 11.5 Å². The zero-order chi connectivity index (χ0) is 12.7. The molecule has 7 nitrogen and oxygen atoms in total. The Hall–Kier alpha value is -1.92. The quantitative estimate of drug-likeness (QED) is 0.445. The van der Waals surface area contributed by atoms with E-state index in [4.69, 9.17) is 4.74 Å². The summed E-state index contributed by atoms with van der Waals surface area (Å²) in [5.74, 6) is 0.216. The van der Waals surface area contributed by atoms with Crippen molar-refractivity contribution in [1.82, 2.24) is 9.97 Å². The van der Waals surface area contributed by atoms with Crippen molar-refractivity contribution in [1.29, 1.82) is 0 Å². The summed E-state index contributed by atoms with van der Waals surface area (Å²) in [5, 5.41) is 13.8. The van der Waals surface area contributed by atoms with Crippen molar-refractivity contribution >= 4 is 11.5 Å². The van der Waals surface area contributed by atoms with Crippen molar-refractivity contribution < 1.29 is 9.66 Å². The predicted octanol–water partition coefficient (Wildman–Crippen LogP) is 2.00. The van der Waals surface area contributed by atoms with Crippen molar-refractivity contribution in [2.24, 2.45) is 0 Å². The van der Waals surface area contributed by atoms with E-state index in [1.54, 1.807) is 0 Å². The lowest BCUT2D eigenvalue weighted by atomic mass is 10.4. The van der Waals surface area contributed by atoms with Gasteiger partial charge in [0.2, 0.25) is 5.82 Å². The Morgan fingerprint density at radius 1 is 1.47 bits per heavy atom. The first kappa shape index (κ1) is 13.1. The summed E-state index contributed by atoms with van der Waals surface area (Å²) in [4.78, 5) is 18.1. The van der Waals surface area contributed by atoms with Crippen LogP contribution in [0.15, 0.2) is 6.33 Å². The molecule has 1 rings (SSSR count). The molecule has 0 saturated carbocycles. The third kappa shape index (κ3) is 3.54. The topological polar surface area (TPSA) is 90.2 Å². The summed E-state index contributed by atoms with van der Waals surface area (Å²) >= 11 is 0. The van der Waals surface area contributed by atoms with Crippen LogP contribution >= 0.6 is 0 Å². The van der Waals surface area contributed by atoms with Crippen molar-refractivity contribution in [3.05, 3.63) is 16.4 Å². The number of aromatic nitrogens is 2. The molecule has 0 radical (unpaired) electrons. The Labute approximate surface area is 99.4 Å². The molecule has 0 amide bonds. The number of rotatable bonds is 7. The zero-order valence-corrected chi connectivity index (χ0v) is 9.97. The molecule has 0 aliphatic rings. The summed E-state index contributed by atoms with van der Waals surface area (Å²) in [6, 6.07) is 0. The minimum atomic E-state index is -0.528. The average molecular weight is 240 g/mol. The second-order valence-electron chi connectivity index (χ2n) is 3.37. The van der Waals surface area contributed by atoms with E-state index in [1.165, 1.54) is 6.33 Å². The molecule has 0 fully saturated rings. The molecular weight excluding hydrogens is 224 g/mol. The molecule has 7 heteroatoms. The monoisotopic (exact) mass is 240 g/mol. The largest absolute Gasteiger partial charge is 0.473 e. The van der Waals surface area contributed by atoms with Gasteiger partial charge in [0.15, 0.2) is 0 Å². The smallest absolute Gasteiger partial charge is 0.372 e. The van der Waals surface area contributed by atoms with Crippen LogP contribution in [-0.2, 0) is 0 Å². The summed E-state index contributed by atoms with van der Waals surface area (Å²) in [7, 11) is 0. The van der Waals surface area contributed by atoms with Crippen LogP contribution in [0, 0.1) is 10.1 Å². The SMILES string of the molecule is CCCCOc1ncnc(NCC)c1[N+](=O)[O-]. The highest BCUT2D eigenvalue weighted by atomic mass is 16.6. The molecule has 0 aliphatic carbocycles. The highest BCUT2D eigenvalue weighted by Crippen LogP contribution is 2.30. The van der Waals surface area contributed by atoms with E-state index in [-0.39, 0.29) is 17.4 Å². The lowest BCUT2D eigenvalue weighted by Gasteiger charge is -2.07. The van der Waals surface area contributed by atoms with Gasteiger partial charge in [-0.1, -0.05) is 13.3 Å². The van der Waals surface area contributed by atoms with Gasteiger partial charge in [-0.25, -0.2) is 4.98 Å². The fourth-order valence-corrected chi connectivity index (χ4v) is 1.24. The minimum Gasteiger partial charge on any atom is -0.473 e. The van der Waals surface area contributed by atoms with Crippen LogP contribution in [-0.4, -0.2) is 28.0 Å². The van der Waals surface area contributed by atoms with E-state index in [0.29, 0.717) is 13.2 Å². The van der Waals surface area contributed by atoms with Gasteiger partial charge < -0.3 is 10.1 Å². The summed E-state index contributed by atoms with van der Waals surface area (Å²) in [6.45, 7) is 4.82. The van der Waals surface area contributed by atoms with Crippen LogP contribution in [0.25, 0.3) is 0 Å². The van der Waals surface area contributed by atoms with E-state index in [0.717, 1.165) is 12.8 Å². The van der Waals surface area contributed by atoms with E-state index in [9.17, 15) is 10.1 Å². The van der Waals surface area contributed by atoms with E-state index < -0.39 is 4.92 Å². The summed E-state index contributed by atoms with van der Waals surface area (Å²) < 4.78 is 5.29. The number of hydrogen-bond acceptors (Lipinski definition) is 6. The molecule has 0 bridgehead atoms. The standard InChI is InChI=1S/C10H16N4O3/c1-3-5-6-17-10-8(14(15)16)9(11-4-2)12-7-13-10/h7H,3-6H2,1-2H3,(H,11,12,13). The Bertz CT molecular complexity index is 384. The highest BCUT2D eigenvalue weighted by molar-refractivity contribution is 5.60. The number of nitro groups is 1. The van der Waals surface area contributed by atoms with Gasteiger partial charge >= 0.3 is 5.69 Å². The number of ether oxygens (including phenoxy) is 1. The third-order valence-corrected chi connectivity index (χ3v) is 2.05. The molecule has 0 saturated heterocycles. The first-order chi connectivity index (χ1) is 8.20. The maximum absolute atomic E-state index is 11.0. The van der Waals surface area contributed by atoms with Crippen molar-refractivity contribution in [3.63, 3.8) is 0 Å². The number of nitrogens with zero attached hydrogens (tertiary/aromatic N) is 3. The lowest BCUT2D eigenvalue weighted by Crippen LogP contribution is -2.08. The third-order valence-electron chi connectivity index (χ3n) is 2.05. The maximum Gasteiger partial charge on any atom is 0.372 e. The Morgan fingerprint density at radius 2 is 2.24 bits per heavy atom. The maximum atomic E-state index is 11.0. The van der Waals surface area contributed by atoms with Gasteiger partial charge in [-0.15, -0.1) is 0 Å². The van der Waals surface area contributed by atoms with E-state index in [1.807, 2.05) is 13.8 Å². The number of anilines is 1. The lowest BCUT2D eigenvalue weighted by molar-refractivity contribution is -0.385. The molecule has 1 N–H and O–H groups in total. The molecule has 1 aromatic rings. The molecule has 0 atom stereocenters. The molecule has 0 aromatic carbocycles. The van der Waals surface area contributed by atoms with Crippen molar-refractivity contribution in [2.45, 2.75) is 26.7 Å². The van der Waals surface area contributed by atoms with Crippen LogP contribution in [0.2, 0.25) is 0 Å². The van der Waals surface area contributed by atoms with E-state index in [2.05, 4.69) is 15.3 Å². The molecular formula is C10H16N4O3. The zero-order valence-electron chi connectivity index (χ0n) is 9.97. The fraction of sp³-hybridized carbons (Fsp3) is 0.600. The summed E-state index contributed by atoms with van der Waals surface area (Å²) in [5.41, 5.74) is -0.203. The number of nitrogens with one attached hydrogen (secondary N) is 1. The van der Waals surface area contributed by atoms with Crippen LogP contribution in [0.3, 0.4) is 0 Å². The fourth-order valence-electron chi connectivity index (χ4n) is 1.24. The van der Waals surface area contributed by atoms with Gasteiger partial charge in [-0.3, -0.25) is 10.1 Å². The van der Waals surface area contributed by atoms with Crippen LogP contribution in [0.1, 0.15) is 26.7 Å². The molecule has 1 heterocycles. The van der Waals surface area contributed by atoms with E-state index >= 15 is 0 Å². The van der Waals surface area contributed by atoms with Gasteiger partial charge in [0, 0.05) is 6.54 Å². The summed E-state index contributed by atoms with van der Waals surface area (Å²) in [6.07, 6.45) is 3.04. The Kier molecular flexibility index (Phi) is 5.12.